The summed E-state index contributed by atoms with van der Waals surface area (Å²) in [6.07, 6.45) is 1.61. The summed E-state index contributed by atoms with van der Waals surface area (Å²) in [6, 6.07) is 11.3. The maximum absolute atomic E-state index is 12.4. The molecule has 2 aromatic rings. The summed E-state index contributed by atoms with van der Waals surface area (Å²) in [5, 5.41) is 0. The summed E-state index contributed by atoms with van der Waals surface area (Å²) in [5.41, 5.74) is 8.84. The van der Waals surface area contributed by atoms with Crippen molar-refractivity contribution in [1.29, 1.82) is 0 Å². The van der Waals surface area contributed by atoms with E-state index in [2.05, 4.69) is 4.98 Å². The summed E-state index contributed by atoms with van der Waals surface area (Å²) in [6.45, 7) is 2.33. The Morgan fingerprint density at radius 1 is 1.32 bits per heavy atom. The van der Waals surface area contributed by atoms with E-state index in [1.54, 1.807) is 30.3 Å². The minimum Gasteiger partial charge on any atom is -0.325 e. The number of hydrogen-bond acceptors (Lipinski definition) is 3. The summed E-state index contributed by atoms with van der Waals surface area (Å²) in [7, 11) is 1.76. The third-order valence-corrected chi connectivity index (χ3v) is 2.97. The highest BCUT2D eigenvalue weighted by Crippen LogP contribution is 2.17. The molecule has 0 saturated heterocycles. The van der Waals surface area contributed by atoms with Gasteiger partial charge in [0.2, 0.25) is 0 Å². The summed E-state index contributed by atoms with van der Waals surface area (Å²) >= 11 is 0. The molecule has 1 amide bonds. The van der Waals surface area contributed by atoms with Gasteiger partial charge in [0.1, 0.15) is 0 Å². The van der Waals surface area contributed by atoms with Crippen molar-refractivity contribution >= 4 is 11.6 Å². The van der Waals surface area contributed by atoms with Gasteiger partial charge in [-0.2, -0.15) is 0 Å². The second-order valence-corrected chi connectivity index (χ2v) is 4.44. The van der Waals surface area contributed by atoms with E-state index in [0.29, 0.717) is 17.8 Å². The fourth-order valence-corrected chi connectivity index (χ4v) is 1.87. The Balaban J connectivity index is 2.28. The number of anilines is 1. The van der Waals surface area contributed by atoms with Crippen LogP contribution in [0, 0.1) is 6.92 Å². The number of hydrogen-bond donors (Lipinski definition) is 1. The molecule has 0 aliphatic rings. The molecule has 0 spiro atoms. The van der Waals surface area contributed by atoms with E-state index in [-0.39, 0.29) is 5.91 Å². The number of nitrogens with zero attached hydrogens (tertiary/aromatic N) is 2. The molecule has 0 aliphatic heterocycles. The first-order valence-corrected chi connectivity index (χ1v) is 6.11. The zero-order valence-electron chi connectivity index (χ0n) is 11.1. The van der Waals surface area contributed by atoms with Crippen molar-refractivity contribution in [3.05, 3.63) is 59.4 Å². The molecule has 1 aromatic carbocycles. The van der Waals surface area contributed by atoms with E-state index < -0.39 is 0 Å². The van der Waals surface area contributed by atoms with Gasteiger partial charge in [0.05, 0.1) is 5.69 Å². The van der Waals surface area contributed by atoms with Gasteiger partial charge in [-0.3, -0.25) is 9.78 Å². The number of carbonyl (C=O) groups excluding carboxylic acids is 1. The number of rotatable bonds is 3. The Morgan fingerprint density at radius 2 is 2.11 bits per heavy atom. The average Bonchev–Trinajstić information content (AvgIpc) is 2.45. The number of pyridine rings is 1. The van der Waals surface area contributed by atoms with Crippen LogP contribution < -0.4 is 10.6 Å². The zero-order valence-corrected chi connectivity index (χ0v) is 11.1. The van der Waals surface area contributed by atoms with Gasteiger partial charge in [-0.1, -0.05) is 12.1 Å². The van der Waals surface area contributed by atoms with Gasteiger partial charge in [-0.05, 0) is 36.8 Å². The Morgan fingerprint density at radius 3 is 2.79 bits per heavy atom. The topological polar surface area (TPSA) is 59.2 Å². The molecule has 2 rings (SSSR count). The largest absolute Gasteiger partial charge is 0.325 e. The molecule has 4 nitrogen and oxygen atoms in total. The number of aryl methyl sites for hydroxylation is 1. The van der Waals surface area contributed by atoms with Crippen LogP contribution in [-0.2, 0) is 6.54 Å². The van der Waals surface area contributed by atoms with Gasteiger partial charge < -0.3 is 10.6 Å². The summed E-state index contributed by atoms with van der Waals surface area (Å²) in [4.78, 5) is 18.1. The van der Waals surface area contributed by atoms with Crippen molar-refractivity contribution in [1.82, 2.24) is 4.98 Å². The summed E-state index contributed by atoms with van der Waals surface area (Å²) < 4.78 is 0. The van der Waals surface area contributed by atoms with Gasteiger partial charge in [-0.15, -0.1) is 0 Å². The molecular weight excluding hydrogens is 238 g/mol. The highest BCUT2D eigenvalue weighted by molar-refractivity contribution is 6.05. The lowest BCUT2D eigenvalue weighted by atomic mass is 10.1. The predicted molar refractivity (Wildman–Crippen MR) is 76.0 cm³/mol. The van der Waals surface area contributed by atoms with E-state index in [1.807, 2.05) is 31.2 Å². The average molecular weight is 255 g/mol. The minimum atomic E-state index is -0.0669. The number of aromatic nitrogens is 1. The molecule has 0 unspecified atom stereocenters. The lowest BCUT2D eigenvalue weighted by molar-refractivity contribution is 0.0993. The molecule has 0 bridgehead atoms. The highest BCUT2D eigenvalue weighted by Gasteiger charge is 2.13. The quantitative estimate of drug-likeness (QED) is 0.914. The fourth-order valence-electron chi connectivity index (χ4n) is 1.87. The van der Waals surface area contributed by atoms with E-state index >= 15 is 0 Å². The standard InChI is InChI=1S/C15H17N3O/c1-11-4-3-5-14(8-11)18(2)15(19)12-6-7-17-13(9-12)10-16/h3-9H,10,16H2,1-2H3. The molecule has 0 radical (unpaired) electrons. The van der Waals surface area contributed by atoms with Crippen LogP contribution in [0.4, 0.5) is 5.69 Å². The van der Waals surface area contributed by atoms with Crippen LogP contribution in [0.2, 0.25) is 0 Å². The molecule has 0 saturated carbocycles. The number of benzene rings is 1. The van der Waals surface area contributed by atoms with Crippen LogP contribution in [0.3, 0.4) is 0 Å². The Kier molecular flexibility index (Phi) is 3.92. The lowest BCUT2D eigenvalue weighted by Crippen LogP contribution is -2.26. The maximum atomic E-state index is 12.4. The lowest BCUT2D eigenvalue weighted by Gasteiger charge is -2.18. The molecular formula is C15H17N3O. The molecule has 98 valence electrons. The van der Waals surface area contributed by atoms with Gasteiger partial charge >= 0.3 is 0 Å². The van der Waals surface area contributed by atoms with Crippen LogP contribution in [0.5, 0.6) is 0 Å². The monoisotopic (exact) mass is 255 g/mol. The van der Waals surface area contributed by atoms with E-state index in [9.17, 15) is 4.79 Å². The molecule has 19 heavy (non-hydrogen) atoms. The molecule has 0 aliphatic carbocycles. The number of nitrogens with two attached hydrogens (primary N) is 1. The smallest absolute Gasteiger partial charge is 0.258 e. The van der Waals surface area contributed by atoms with Crippen molar-refractivity contribution in [2.75, 3.05) is 11.9 Å². The summed E-state index contributed by atoms with van der Waals surface area (Å²) in [5.74, 6) is -0.0669. The van der Waals surface area contributed by atoms with Gasteiger partial charge in [0, 0.05) is 31.0 Å². The molecule has 2 N–H and O–H groups in total. The van der Waals surface area contributed by atoms with Crippen molar-refractivity contribution in [2.24, 2.45) is 5.73 Å². The molecule has 1 heterocycles. The van der Waals surface area contributed by atoms with Crippen LogP contribution in [0.1, 0.15) is 21.6 Å². The van der Waals surface area contributed by atoms with Crippen molar-refractivity contribution < 1.29 is 4.79 Å². The Hall–Kier alpha value is -2.20. The highest BCUT2D eigenvalue weighted by atomic mass is 16.2. The number of amides is 1. The van der Waals surface area contributed by atoms with Crippen LogP contribution >= 0.6 is 0 Å². The van der Waals surface area contributed by atoms with Crippen molar-refractivity contribution in [3.63, 3.8) is 0 Å². The van der Waals surface area contributed by atoms with Gasteiger partial charge in [0.25, 0.3) is 5.91 Å². The second kappa shape index (κ2) is 5.63. The van der Waals surface area contributed by atoms with Crippen LogP contribution in [0.25, 0.3) is 0 Å². The second-order valence-electron chi connectivity index (χ2n) is 4.44. The first kappa shape index (κ1) is 13.2. The Labute approximate surface area is 112 Å². The normalized spacial score (nSPS) is 10.3. The molecule has 0 atom stereocenters. The predicted octanol–water partition coefficient (Wildman–Crippen LogP) is 2.13. The Bertz CT molecular complexity index is 595. The van der Waals surface area contributed by atoms with Crippen molar-refractivity contribution in [3.8, 4) is 0 Å². The SMILES string of the molecule is Cc1cccc(N(C)C(=O)c2ccnc(CN)c2)c1. The van der Waals surface area contributed by atoms with Crippen LogP contribution in [0.15, 0.2) is 42.6 Å². The van der Waals surface area contributed by atoms with E-state index in [1.165, 1.54) is 0 Å². The van der Waals surface area contributed by atoms with Gasteiger partial charge in [-0.25, -0.2) is 0 Å². The van der Waals surface area contributed by atoms with E-state index in [0.717, 1.165) is 11.3 Å². The van der Waals surface area contributed by atoms with Gasteiger partial charge in [0.15, 0.2) is 0 Å². The molecule has 4 heteroatoms. The van der Waals surface area contributed by atoms with Crippen LogP contribution in [-0.4, -0.2) is 17.9 Å². The van der Waals surface area contributed by atoms with Crippen molar-refractivity contribution in [2.45, 2.75) is 13.5 Å². The maximum Gasteiger partial charge on any atom is 0.258 e. The minimum absolute atomic E-state index is 0.0669. The zero-order chi connectivity index (χ0) is 13.8. The number of carbonyl (C=O) groups is 1. The third kappa shape index (κ3) is 2.98. The fraction of sp³-hybridized carbons (Fsp3) is 0.200. The van der Waals surface area contributed by atoms with E-state index in [4.69, 9.17) is 5.73 Å². The third-order valence-electron chi connectivity index (χ3n) is 2.97. The molecule has 0 fully saturated rings. The first-order chi connectivity index (χ1) is 9.11. The molecule has 1 aromatic heterocycles. The first-order valence-electron chi connectivity index (χ1n) is 6.11.